The van der Waals surface area contributed by atoms with Gasteiger partial charge >= 0.3 is 0 Å². The molecule has 180 valence electrons. The van der Waals surface area contributed by atoms with Crippen LogP contribution in [0, 0.1) is 23.3 Å². The lowest BCUT2D eigenvalue weighted by molar-refractivity contribution is 0.255. The monoisotopic (exact) mass is 499 g/mol. The molecular weight excluding hydrogens is 478 g/mol. The lowest BCUT2D eigenvalue weighted by atomic mass is 9.98. The number of halogens is 4. The number of nitrogens with zero attached hydrogens (tertiary/aromatic N) is 3. The maximum atomic E-state index is 14.8. The van der Waals surface area contributed by atoms with E-state index in [1.807, 2.05) is 7.05 Å². The third kappa shape index (κ3) is 4.53. The van der Waals surface area contributed by atoms with Crippen molar-refractivity contribution in [1.29, 1.82) is 0 Å². The van der Waals surface area contributed by atoms with Gasteiger partial charge in [0, 0.05) is 35.4 Å². The van der Waals surface area contributed by atoms with Gasteiger partial charge in [-0.2, -0.15) is 0 Å². The lowest BCUT2D eigenvalue weighted by Crippen LogP contribution is -2.29. The fraction of sp³-hybridized carbons (Fsp3) is 0.231. The number of hydrogen-bond acceptors (Lipinski definition) is 4. The number of hydrogen-bond donors (Lipinski definition) is 0. The van der Waals surface area contributed by atoms with Crippen LogP contribution in [0.2, 0.25) is 0 Å². The van der Waals surface area contributed by atoms with Crippen LogP contribution in [0.3, 0.4) is 0 Å². The summed E-state index contributed by atoms with van der Waals surface area (Å²) in [6.45, 7) is 1.80. The van der Waals surface area contributed by atoms with Crippen LogP contribution in [-0.4, -0.2) is 34.6 Å². The smallest absolute Gasteiger partial charge is 0.255 e. The van der Waals surface area contributed by atoms with Gasteiger partial charge in [0.15, 0.2) is 0 Å². The molecule has 0 radical (unpaired) electrons. The van der Waals surface area contributed by atoms with E-state index in [0.29, 0.717) is 16.1 Å². The van der Waals surface area contributed by atoms with Crippen molar-refractivity contribution in [2.24, 2.45) is 0 Å². The van der Waals surface area contributed by atoms with Gasteiger partial charge in [-0.15, -0.1) is 11.3 Å². The summed E-state index contributed by atoms with van der Waals surface area (Å²) in [6, 6.07) is 9.38. The third-order valence-corrected chi connectivity index (χ3v) is 7.50. The fourth-order valence-corrected chi connectivity index (χ4v) is 5.62. The minimum Gasteiger partial charge on any atom is -0.306 e. The molecular formula is C26H21F4N3OS. The summed E-state index contributed by atoms with van der Waals surface area (Å²) in [4.78, 5) is 20.1. The van der Waals surface area contributed by atoms with E-state index in [2.05, 4.69) is 4.90 Å². The summed E-state index contributed by atoms with van der Waals surface area (Å²) in [6.07, 6.45) is 3.08. The first-order chi connectivity index (χ1) is 16.8. The van der Waals surface area contributed by atoms with Crippen molar-refractivity contribution in [2.45, 2.75) is 18.8 Å². The Bertz CT molecular complexity index is 1440. The molecule has 4 nitrogen and oxygen atoms in total. The van der Waals surface area contributed by atoms with E-state index in [1.165, 1.54) is 47.9 Å². The highest BCUT2D eigenvalue weighted by atomic mass is 32.1. The summed E-state index contributed by atoms with van der Waals surface area (Å²) >= 11 is 1.32. The molecule has 1 fully saturated rings. The second kappa shape index (κ2) is 9.39. The molecule has 35 heavy (non-hydrogen) atoms. The van der Waals surface area contributed by atoms with Crippen molar-refractivity contribution >= 4 is 11.3 Å². The van der Waals surface area contributed by atoms with E-state index in [9.17, 15) is 22.4 Å². The Hall–Kier alpha value is -3.30. The van der Waals surface area contributed by atoms with Crippen molar-refractivity contribution in [3.8, 4) is 27.4 Å². The molecule has 2 aromatic carbocycles. The first-order valence-corrected chi connectivity index (χ1v) is 12.0. The minimum atomic E-state index is -0.889. The van der Waals surface area contributed by atoms with Crippen molar-refractivity contribution in [3.63, 3.8) is 0 Å². The normalized spacial score (nSPS) is 15.0. The van der Waals surface area contributed by atoms with Crippen molar-refractivity contribution in [2.75, 3.05) is 20.1 Å². The maximum absolute atomic E-state index is 14.8. The van der Waals surface area contributed by atoms with E-state index in [1.54, 1.807) is 0 Å². The van der Waals surface area contributed by atoms with Crippen LogP contribution in [0.25, 0.3) is 27.4 Å². The molecule has 0 bridgehead atoms. The first kappa shape index (κ1) is 23.4. The molecule has 0 unspecified atom stereocenters. The van der Waals surface area contributed by atoms with E-state index in [0.717, 1.165) is 53.7 Å². The van der Waals surface area contributed by atoms with E-state index in [4.69, 9.17) is 4.98 Å². The molecule has 4 aromatic rings. The fourth-order valence-electron chi connectivity index (χ4n) is 4.34. The van der Waals surface area contributed by atoms with Gasteiger partial charge in [0.05, 0.1) is 15.6 Å². The largest absolute Gasteiger partial charge is 0.306 e. The predicted octanol–water partition coefficient (Wildman–Crippen LogP) is 5.99. The Morgan fingerprint density at radius 2 is 1.66 bits per heavy atom. The molecule has 0 amide bonds. The number of benzene rings is 2. The Kier molecular flexibility index (Phi) is 6.29. The SMILES string of the molecule is CN1CCC(c2nc(-c3ccc(=O)n(-c4c(F)cccc4F)c3)c(-c3ccc(F)cc3F)s2)CC1. The molecule has 1 aliphatic heterocycles. The van der Waals surface area contributed by atoms with Crippen LogP contribution in [-0.2, 0) is 0 Å². The number of thiazole rings is 1. The van der Waals surface area contributed by atoms with Gasteiger partial charge in [0.1, 0.15) is 29.0 Å². The van der Waals surface area contributed by atoms with Crippen LogP contribution in [0.4, 0.5) is 17.6 Å². The quantitative estimate of drug-likeness (QED) is 0.324. The number of aromatic nitrogens is 2. The molecule has 0 N–H and O–H groups in total. The number of pyridine rings is 1. The molecule has 9 heteroatoms. The standard InChI is InChI=1S/C26H21F4N3OS/c1-32-11-9-15(10-12-32)26-31-23(25(35-26)18-7-6-17(27)13-21(18)30)16-5-8-22(34)33(14-16)24-19(28)3-2-4-20(24)29/h2-8,13-15H,9-12H2,1H3. The maximum Gasteiger partial charge on any atom is 0.255 e. The lowest BCUT2D eigenvalue weighted by Gasteiger charge is -2.27. The van der Waals surface area contributed by atoms with Crippen LogP contribution < -0.4 is 5.56 Å². The molecule has 5 rings (SSSR count). The van der Waals surface area contributed by atoms with Crippen LogP contribution in [0.15, 0.2) is 59.5 Å². The molecule has 0 spiro atoms. The van der Waals surface area contributed by atoms with Crippen LogP contribution in [0.5, 0.6) is 0 Å². The molecule has 3 heterocycles. The van der Waals surface area contributed by atoms with Gasteiger partial charge in [-0.1, -0.05) is 6.07 Å². The first-order valence-electron chi connectivity index (χ1n) is 11.1. The second-order valence-electron chi connectivity index (χ2n) is 8.63. The number of likely N-dealkylation sites (tertiary alicyclic amines) is 1. The van der Waals surface area contributed by atoms with Gasteiger partial charge in [0.25, 0.3) is 5.56 Å². The average molecular weight is 500 g/mol. The molecule has 1 saturated heterocycles. The zero-order valence-corrected chi connectivity index (χ0v) is 19.6. The van der Waals surface area contributed by atoms with Gasteiger partial charge in [-0.3, -0.25) is 9.36 Å². The van der Waals surface area contributed by atoms with E-state index in [-0.39, 0.29) is 11.5 Å². The zero-order valence-electron chi connectivity index (χ0n) is 18.8. The highest BCUT2D eigenvalue weighted by Crippen LogP contribution is 2.42. The van der Waals surface area contributed by atoms with Gasteiger partial charge in [0.2, 0.25) is 0 Å². The Labute approximate surface area is 203 Å². The summed E-state index contributed by atoms with van der Waals surface area (Å²) in [5.74, 6) is -3.05. The zero-order chi connectivity index (χ0) is 24.7. The van der Waals surface area contributed by atoms with Crippen molar-refractivity contribution < 1.29 is 17.6 Å². The second-order valence-corrected chi connectivity index (χ2v) is 9.66. The van der Waals surface area contributed by atoms with Crippen molar-refractivity contribution in [1.82, 2.24) is 14.5 Å². The summed E-state index contributed by atoms with van der Waals surface area (Å²) in [5, 5.41) is 0.807. The summed E-state index contributed by atoms with van der Waals surface area (Å²) in [7, 11) is 2.05. The van der Waals surface area contributed by atoms with Crippen molar-refractivity contribution in [3.05, 3.63) is 93.4 Å². The molecule has 0 saturated carbocycles. The summed E-state index contributed by atoms with van der Waals surface area (Å²) < 4.78 is 58.3. The average Bonchev–Trinajstić information content (AvgIpc) is 3.25. The van der Waals surface area contributed by atoms with E-state index >= 15 is 0 Å². The number of para-hydroxylation sites is 1. The Balaban J connectivity index is 1.68. The van der Waals surface area contributed by atoms with Gasteiger partial charge < -0.3 is 4.90 Å². The van der Waals surface area contributed by atoms with Gasteiger partial charge in [-0.25, -0.2) is 22.5 Å². The highest BCUT2D eigenvalue weighted by Gasteiger charge is 2.26. The molecule has 0 atom stereocenters. The highest BCUT2D eigenvalue weighted by molar-refractivity contribution is 7.15. The van der Waals surface area contributed by atoms with Crippen LogP contribution in [0.1, 0.15) is 23.8 Å². The summed E-state index contributed by atoms with van der Waals surface area (Å²) in [5.41, 5.74) is -0.188. The number of piperidine rings is 1. The number of rotatable bonds is 4. The third-order valence-electron chi connectivity index (χ3n) is 6.25. The van der Waals surface area contributed by atoms with E-state index < -0.39 is 34.5 Å². The predicted molar refractivity (Wildman–Crippen MR) is 128 cm³/mol. The van der Waals surface area contributed by atoms with Gasteiger partial charge in [-0.05, 0) is 63.3 Å². The topological polar surface area (TPSA) is 38.1 Å². The molecule has 1 aliphatic rings. The molecule has 2 aromatic heterocycles. The van der Waals surface area contributed by atoms with Crippen LogP contribution >= 0.6 is 11.3 Å². The Morgan fingerprint density at radius 1 is 0.943 bits per heavy atom. The Morgan fingerprint density at radius 3 is 2.34 bits per heavy atom. The molecule has 0 aliphatic carbocycles. The minimum absolute atomic E-state index is 0.169.